The number of anilines is 1. The van der Waals surface area contributed by atoms with E-state index in [1.54, 1.807) is 0 Å². The number of methoxy groups -OCH3 is 1. The number of para-hydroxylation sites is 1. The summed E-state index contributed by atoms with van der Waals surface area (Å²) in [7, 11) is 1.18. The number of hydrogen-bond acceptors (Lipinski definition) is 5. The van der Waals surface area contributed by atoms with Crippen LogP contribution in [0.3, 0.4) is 0 Å². The molecule has 0 saturated heterocycles. The Kier molecular flexibility index (Phi) is 2.59. The molecule has 0 aliphatic rings. The number of hydrogen-bond donors (Lipinski definition) is 2. The highest BCUT2D eigenvalue weighted by atomic mass is 16.7. The summed E-state index contributed by atoms with van der Waals surface area (Å²) in [5, 5.41) is 9.13. The second-order valence-electron chi connectivity index (χ2n) is 2.25. The highest BCUT2D eigenvalue weighted by molar-refractivity contribution is 5.70. The fourth-order valence-electron chi connectivity index (χ4n) is 0.753. The van der Waals surface area contributed by atoms with Gasteiger partial charge in [-0.15, -0.1) is 0 Å². The lowest BCUT2D eigenvalue weighted by molar-refractivity contribution is 0.121. The Morgan fingerprint density at radius 2 is 2.23 bits per heavy atom. The molecule has 0 amide bonds. The van der Waals surface area contributed by atoms with Gasteiger partial charge in [-0.3, -0.25) is 0 Å². The van der Waals surface area contributed by atoms with Crippen LogP contribution < -0.4 is 10.5 Å². The van der Waals surface area contributed by atoms with Gasteiger partial charge in [0.25, 0.3) is 0 Å². The zero-order chi connectivity index (χ0) is 9.84. The Hall–Kier alpha value is -1.91. The second-order valence-corrected chi connectivity index (χ2v) is 2.25. The third kappa shape index (κ3) is 2.02. The number of nitrogens with two attached hydrogens (primary N) is 1. The summed E-state index contributed by atoms with van der Waals surface area (Å²) in [6.45, 7) is 0. The fraction of sp³-hybridized carbons (Fsp3) is 0.125. The van der Waals surface area contributed by atoms with Crippen molar-refractivity contribution in [3.8, 4) is 11.5 Å². The summed E-state index contributed by atoms with van der Waals surface area (Å²) in [4.78, 5) is 10.7. The number of carbonyl (C=O) groups excluding carboxylic acids is 1. The molecular formula is C8H9NO4. The molecule has 5 nitrogen and oxygen atoms in total. The summed E-state index contributed by atoms with van der Waals surface area (Å²) in [6.07, 6.45) is -0.877. The number of aromatic hydroxyl groups is 1. The number of benzene rings is 1. The van der Waals surface area contributed by atoms with Crippen LogP contribution in [0.15, 0.2) is 18.2 Å². The Morgan fingerprint density at radius 3 is 2.85 bits per heavy atom. The van der Waals surface area contributed by atoms with E-state index >= 15 is 0 Å². The lowest BCUT2D eigenvalue weighted by Gasteiger charge is -2.05. The molecule has 0 spiro atoms. The van der Waals surface area contributed by atoms with E-state index in [9.17, 15) is 4.79 Å². The molecule has 0 saturated carbocycles. The fourth-order valence-corrected chi connectivity index (χ4v) is 0.753. The minimum absolute atomic E-state index is 0.00731. The van der Waals surface area contributed by atoms with Crippen LogP contribution in [0, 0.1) is 0 Å². The van der Waals surface area contributed by atoms with Gasteiger partial charge in [0.2, 0.25) is 0 Å². The monoisotopic (exact) mass is 183 g/mol. The first-order valence-electron chi connectivity index (χ1n) is 3.48. The number of carbonyl (C=O) groups is 1. The maximum Gasteiger partial charge on any atom is 0.513 e. The number of ether oxygens (including phenoxy) is 2. The summed E-state index contributed by atoms with van der Waals surface area (Å²) in [6, 6.07) is 4.34. The van der Waals surface area contributed by atoms with Crippen LogP contribution in [0.4, 0.5) is 10.5 Å². The maximum atomic E-state index is 10.7. The van der Waals surface area contributed by atoms with Crippen LogP contribution in [0.25, 0.3) is 0 Å². The van der Waals surface area contributed by atoms with Crippen molar-refractivity contribution in [2.75, 3.05) is 12.8 Å². The number of rotatable bonds is 1. The predicted octanol–water partition coefficient (Wildman–Crippen LogP) is 1.12. The van der Waals surface area contributed by atoms with Crippen LogP contribution in [0.5, 0.6) is 11.5 Å². The van der Waals surface area contributed by atoms with E-state index in [0.29, 0.717) is 0 Å². The lowest BCUT2D eigenvalue weighted by atomic mass is 10.3. The Labute approximate surface area is 74.7 Å². The van der Waals surface area contributed by atoms with Gasteiger partial charge in [-0.25, -0.2) is 4.79 Å². The summed E-state index contributed by atoms with van der Waals surface area (Å²) in [5.41, 5.74) is 5.41. The standard InChI is InChI=1S/C8H9NO4/c1-12-8(11)13-6-4-2-3-5(10)7(6)9/h2-4,10H,9H2,1H3. The average Bonchev–Trinajstić information content (AvgIpc) is 2.13. The summed E-state index contributed by atoms with van der Waals surface area (Å²) < 4.78 is 8.88. The first-order chi connectivity index (χ1) is 6.15. The van der Waals surface area contributed by atoms with Crippen molar-refractivity contribution in [3.63, 3.8) is 0 Å². The molecule has 1 rings (SSSR count). The minimum atomic E-state index is -0.877. The number of phenols is 1. The quantitative estimate of drug-likeness (QED) is 0.295. The van der Waals surface area contributed by atoms with Crippen LogP contribution in [0.1, 0.15) is 0 Å². The molecule has 13 heavy (non-hydrogen) atoms. The highest BCUT2D eigenvalue weighted by Gasteiger charge is 2.09. The van der Waals surface area contributed by atoms with Gasteiger partial charge in [0.05, 0.1) is 7.11 Å². The molecule has 0 unspecified atom stereocenters. The predicted molar refractivity (Wildman–Crippen MR) is 45.6 cm³/mol. The molecule has 0 aliphatic carbocycles. The van der Waals surface area contributed by atoms with Crippen LogP contribution >= 0.6 is 0 Å². The van der Waals surface area contributed by atoms with Crippen LogP contribution in [-0.4, -0.2) is 18.4 Å². The molecule has 1 aromatic carbocycles. The van der Waals surface area contributed by atoms with E-state index in [0.717, 1.165) is 0 Å². The molecule has 0 heterocycles. The first-order valence-corrected chi connectivity index (χ1v) is 3.48. The molecule has 5 heteroatoms. The smallest absolute Gasteiger partial charge is 0.506 e. The summed E-state index contributed by atoms with van der Waals surface area (Å²) >= 11 is 0. The van der Waals surface area contributed by atoms with Crippen molar-refractivity contribution in [1.29, 1.82) is 0 Å². The molecular weight excluding hydrogens is 174 g/mol. The topological polar surface area (TPSA) is 81.8 Å². The summed E-state index contributed by atoms with van der Waals surface area (Å²) in [5.74, 6) is -0.0618. The minimum Gasteiger partial charge on any atom is -0.506 e. The van der Waals surface area contributed by atoms with E-state index in [1.165, 1.54) is 25.3 Å². The van der Waals surface area contributed by atoms with Crippen molar-refractivity contribution in [1.82, 2.24) is 0 Å². The van der Waals surface area contributed by atoms with E-state index in [4.69, 9.17) is 10.8 Å². The van der Waals surface area contributed by atoms with Gasteiger partial charge in [-0.1, -0.05) is 6.07 Å². The van der Waals surface area contributed by atoms with Crippen molar-refractivity contribution < 1.29 is 19.4 Å². The van der Waals surface area contributed by atoms with Gasteiger partial charge in [-0.2, -0.15) is 0 Å². The van der Waals surface area contributed by atoms with Gasteiger partial charge >= 0.3 is 6.16 Å². The Morgan fingerprint density at radius 1 is 1.54 bits per heavy atom. The maximum absolute atomic E-state index is 10.7. The molecule has 0 atom stereocenters. The van der Waals surface area contributed by atoms with Gasteiger partial charge in [0.1, 0.15) is 11.4 Å². The molecule has 0 radical (unpaired) electrons. The lowest BCUT2D eigenvalue weighted by Crippen LogP contribution is -2.08. The number of phenolic OH excluding ortho intramolecular Hbond substituents is 1. The molecule has 0 fully saturated rings. The van der Waals surface area contributed by atoms with Crippen molar-refractivity contribution in [2.45, 2.75) is 0 Å². The highest BCUT2D eigenvalue weighted by Crippen LogP contribution is 2.29. The van der Waals surface area contributed by atoms with Crippen LogP contribution in [0.2, 0.25) is 0 Å². The van der Waals surface area contributed by atoms with Gasteiger partial charge in [0, 0.05) is 0 Å². The molecule has 70 valence electrons. The third-order valence-corrected chi connectivity index (χ3v) is 1.40. The van der Waals surface area contributed by atoms with Crippen molar-refractivity contribution in [3.05, 3.63) is 18.2 Å². The first kappa shape index (κ1) is 9.18. The Bertz CT molecular complexity index is 324. The van der Waals surface area contributed by atoms with E-state index in [-0.39, 0.29) is 17.2 Å². The van der Waals surface area contributed by atoms with Gasteiger partial charge in [0.15, 0.2) is 5.75 Å². The van der Waals surface area contributed by atoms with Gasteiger partial charge in [-0.05, 0) is 12.1 Å². The largest absolute Gasteiger partial charge is 0.513 e. The van der Waals surface area contributed by atoms with E-state index < -0.39 is 6.16 Å². The molecule has 3 N–H and O–H groups in total. The van der Waals surface area contributed by atoms with E-state index in [2.05, 4.69) is 9.47 Å². The zero-order valence-electron chi connectivity index (χ0n) is 6.98. The van der Waals surface area contributed by atoms with Crippen LogP contribution in [-0.2, 0) is 4.74 Å². The average molecular weight is 183 g/mol. The van der Waals surface area contributed by atoms with E-state index in [1.807, 2.05) is 0 Å². The molecule has 0 aliphatic heterocycles. The third-order valence-electron chi connectivity index (χ3n) is 1.40. The molecule has 0 aromatic heterocycles. The molecule has 1 aromatic rings. The zero-order valence-corrected chi connectivity index (χ0v) is 6.98. The number of nitrogen functional groups attached to an aromatic ring is 1. The SMILES string of the molecule is COC(=O)Oc1cccc(O)c1N. The second kappa shape index (κ2) is 3.66. The molecule has 0 bridgehead atoms. The normalized spacial score (nSPS) is 9.31. The van der Waals surface area contributed by atoms with Crippen molar-refractivity contribution in [2.24, 2.45) is 0 Å². The van der Waals surface area contributed by atoms with Crippen molar-refractivity contribution >= 4 is 11.8 Å². The Balaban J connectivity index is 2.89. The van der Waals surface area contributed by atoms with Gasteiger partial charge < -0.3 is 20.3 Å².